The third-order valence-corrected chi connectivity index (χ3v) is 4.18. The Kier molecular flexibility index (Phi) is 5.73. The highest BCUT2D eigenvalue weighted by molar-refractivity contribution is 5.91. The molecule has 0 radical (unpaired) electrons. The van der Waals surface area contributed by atoms with E-state index in [0.29, 0.717) is 12.1 Å². The number of carbonyl (C=O) groups is 2. The third kappa shape index (κ3) is 4.22. The van der Waals surface area contributed by atoms with E-state index in [2.05, 4.69) is 10.4 Å². The molecule has 6 heteroatoms. The molecule has 2 aromatic rings. The summed E-state index contributed by atoms with van der Waals surface area (Å²) in [4.78, 5) is 23.2. The van der Waals surface area contributed by atoms with Crippen molar-refractivity contribution in [2.24, 2.45) is 7.05 Å². The van der Waals surface area contributed by atoms with E-state index in [1.165, 1.54) is 11.6 Å². The van der Waals surface area contributed by atoms with E-state index < -0.39 is 5.97 Å². The van der Waals surface area contributed by atoms with Crippen LogP contribution in [-0.2, 0) is 24.7 Å². The molecular formula is C18H23N3O3. The van der Waals surface area contributed by atoms with Crippen molar-refractivity contribution in [3.05, 3.63) is 52.3 Å². The number of nitrogens with zero attached hydrogens (tertiary/aromatic N) is 2. The van der Waals surface area contributed by atoms with Gasteiger partial charge >= 0.3 is 5.97 Å². The van der Waals surface area contributed by atoms with Gasteiger partial charge in [0, 0.05) is 19.3 Å². The first-order chi connectivity index (χ1) is 11.4. The maximum atomic E-state index is 12.0. The molecule has 0 atom stereocenters. The molecule has 0 aliphatic heterocycles. The lowest BCUT2D eigenvalue weighted by Crippen LogP contribution is -2.27. The lowest BCUT2D eigenvalue weighted by Gasteiger charge is -2.08. The van der Waals surface area contributed by atoms with Crippen molar-refractivity contribution in [1.29, 1.82) is 0 Å². The summed E-state index contributed by atoms with van der Waals surface area (Å²) in [6.07, 6.45) is 1.75. The number of carboxylic acids is 1. The number of hydrogen-bond acceptors (Lipinski definition) is 3. The average Bonchev–Trinajstić information content (AvgIpc) is 2.77. The van der Waals surface area contributed by atoms with E-state index >= 15 is 0 Å². The molecule has 128 valence electrons. The quantitative estimate of drug-likeness (QED) is 0.761. The minimum Gasteiger partial charge on any atom is -0.478 e. The van der Waals surface area contributed by atoms with Gasteiger partial charge in [0.05, 0.1) is 17.7 Å². The first kappa shape index (κ1) is 17.7. The van der Waals surface area contributed by atoms with Crippen LogP contribution in [0.15, 0.2) is 24.3 Å². The van der Waals surface area contributed by atoms with Crippen LogP contribution in [-0.4, -0.2) is 33.3 Å². The normalized spacial score (nSPS) is 10.6. The first-order valence-electron chi connectivity index (χ1n) is 7.97. The van der Waals surface area contributed by atoms with Gasteiger partial charge in [0.15, 0.2) is 0 Å². The Labute approximate surface area is 141 Å². The summed E-state index contributed by atoms with van der Waals surface area (Å²) in [5.41, 5.74) is 4.10. The Morgan fingerprint density at radius 1 is 1.25 bits per heavy atom. The van der Waals surface area contributed by atoms with Crippen LogP contribution in [0.1, 0.15) is 39.3 Å². The average molecular weight is 329 g/mol. The number of aryl methyl sites for hydroxylation is 2. The number of amides is 1. The molecule has 0 aliphatic rings. The zero-order chi connectivity index (χ0) is 17.7. The number of carboxylic acid groups (broad SMARTS) is 1. The fourth-order valence-corrected chi connectivity index (χ4v) is 2.79. The Morgan fingerprint density at radius 2 is 1.96 bits per heavy atom. The third-order valence-electron chi connectivity index (χ3n) is 4.18. The highest BCUT2D eigenvalue weighted by Gasteiger charge is 2.12. The molecule has 2 rings (SSSR count). The minimum atomic E-state index is -1.01. The largest absolute Gasteiger partial charge is 0.478 e. The summed E-state index contributed by atoms with van der Waals surface area (Å²) < 4.78 is 1.87. The van der Waals surface area contributed by atoms with E-state index in [-0.39, 0.29) is 17.9 Å². The Balaban J connectivity index is 1.83. The smallest absolute Gasteiger partial charge is 0.335 e. The van der Waals surface area contributed by atoms with E-state index in [1.807, 2.05) is 25.6 Å². The van der Waals surface area contributed by atoms with Crippen LogP contribution in [0.5, 0.6) is 0 Å². The van der Waals surface area contributed by atoms with Gasteiger partial charge in [-0.15, -0.1) is 0 Å². The van der Waals surface area contributed by atoms with Crippen molar-refractivity contribution in [3.8, 4) is 0 Å². The summed E-state index contributed by atoms with van der Waals surface area (Å²) in [5, 5.41) is 16.4. The minimum absolute atomic E-state index is 0.0768. The summed E-state index contributed by atoms with van der Waals surface area (Å²) in [6, 6.07) is 6.58. The molecule has 2 N–H and O–H groups in total. The van der Waals surface area contributed by atoms with Crippen LogP contribution >= 0.6 is 0 Å². The molecule has 1 aromatic carbocycles. The number of aromatic nitrogens is 2. The number of carbonyl (C=O) groups excluding carboxylic acids is 1. The lowest BCUT2D eigenvalue weighted by atomic mass is 10.0. The summed E-state index contributed by atoms with van der Waals surface area (Å²) in [6.45, 7) is 4.59. The highest BCUT2D eigenvalue weighted by Crippen LogP contribution is 2.14. The predicted octanol–water partition coefficient (Wildman–Crippen LogP) is 2.03. The molecule has 1 heterocycles. The van der Waals surface area contributed by atoms with Crippen LogP contribution < -0.4 is 5.32 Å². The standard InChI is InChI=1S/C18H23N3O3/c1-12-15(13(2)21(3)20-12)9-6-10-19-17(22)11-14-7-4-5-8-16(14)18(23)24/h4-5,7-8H,6,9-11H2,1-3H3,(H,19,22)(H,23,24). The van der Waals surface area contributed by atoms with Gasteiger partial charge in [-0.25, -0.2) is 4.79 Å². The molecule has 1 aromatic heterocycles. The molecule has 0 saturated heterocycles. The highest BCUT2D eigenvalue weighted by atomic mass is 16.4. The van der Waals surface area contributed by atoms with Gasteiger partial charge in [-0.3, -0.25) is 9.48 Å². The molecule has 0 unspecified atom stereocenters. The van der Waals surface area contributed by atoms with E-state index in [0.717, 1.165) is 24.2 Å². The predicted molar refractivity (Wildman–Crippen MR) is 91.1 cm³/mol. The number of nitrogens with one attached hydrogen (secondary N) is 1. The summed E-state index contributed by atoms with van der Waals surface area (Å²) in [7, 11) is 1.92. The second kappa shape index (κ2) is 7.77. The van der Waals surface area contributed by atoms with Crippen molar-refractivity contribution in [3.63, 3.8) is 0 Å². The lowest BCUT2D eigenvalue weighted by molar-refractivity contribution is -0.120. The zero-order valence-corrected chi connectivity index (χ0v) is 14.3. The van der Waals surface area contributed by atoms with Crippen molar-refractivity contribution >= 4 is 11.9 Å². The molecule has 0 aliphatic carbocycles. The molecule has 0 saturated carbocycles. The van der Waals surface area contributed by atoms with Gasteiger partial charge in [0.25, 0.3) is 0 Å². The number of rotatable bonds is 7. The van der Waals surface area contributed by atoms with Crippen molar-refractivity contribution in [2.75, 3.05) is 6.54 Å². The number of hydrogen-bond donors (Lipinski definition) is 2. The molecular weight excluding hydrogens is 306 g/mol. The second-order valence-corrected chi connectivity index (χ2v) is 5.87. The molecule has 1 amide bonds. The van der Waals surface area contributed by atoms with Crippen molar-refractivity contribution in [2.45, 2.75) is 33.1 Å². The second-order valence-electron chi connectivity index (χ2n) is 5.87. The van der Waals surface area contributed by atoms with Crippen LogP contribution in [0.4, 0.5) is 0 Å². The van der Waals surface area contributed by atoms with E-state index in [9.17, 15) is 9.59 Å². The molecule has 6 nitrogen and oxygen atoms in total. The monoisotopic (exact) mass is 329 g/mol. The topological polar surface area (TPSA) is 84.2 Å². The Bertz CT molecular complexity index is 750. The van der Waals surface area contributed by atoms with Crippen LogP contribution in [0.3, 0.4) is 0 Å². The van der Waals surface area contributed by atoms with Gasteiger partial charge < -0.3 is 10.4 Å². The van der Waals surface area contributed by atoms with Gasteiger partial charge in [-0.2, -0.15) is 5.10 Å². The molecule has 0 fully saturated rings. The Morgan fingerprint density at radius 3 is 2.58 bits per heavy atom. The van der Waals surface area contributed by atoms with Crippen LogP contribution in [0, 0.1) is 13.8 Å². The zero-order valence-electron chi connectivity index (χ0n) is 14.3. The van der Waals surface area contributed by atoms with Crippen LogP contribution in [0.2, 0.25) is 0 Å². The van der Waals surface area contributed by atoms with Gasteiger partial charge in [-0.05, 0) is 43.9 Å². The van der Waals surface area contributed by atoms with Crippen LogP contribution in [0.25, 0.3) is 0 Å². The summed E-state index contributed by atoms with van der Waals surface area (Å²) in [5.74, 6) is -1.18. The van der Waals surface area contributed by atoms with E-state index in [1.54, 1.807) is 18.2 Å². The maximum Gasteiger partial charge on any atom is 0.335 e. The molecule has 24 heavy (non-hydrogen) atoms. The molecule has 0 bridgehead atoms. The fraction of sp³-hybridized carbons (Fsp3) is 0.389. The SMILES string of the molecule is Cc1nn(C)c(C)c1CCCNC(=O)Cc1ccccc1C(=O)O. The first-order valence-corrected chi connectivity index (χ1v) is 7.97. The maximum absolute atomic E-state index is 12.0. The van der Waals surface area contributed by atoms with E-state index in [4.69, 9.17) is 5.11 Å². The van der Waals surface area contributed by atoms with Gasteiger partial charge in [0.1, 0.15) is 0 Å². The van der Waals surface area contributed by atoms with Gasteiger partial charge in [-0.1, -0.05) is 18.2 Å². The van der Waals surface area contributed by atoms with Crippen molar-refractivity contribution < 1.29 is 14.7 Å². The Hall–Kier alpha value is -2.63. The summed E-state index contributed by atoms with van der Waals surface area (Å²) >= 11 is 0. The number of aromatic carboxylic acids is 1. The fourth-order valence-electron chi connectivity index (χ4n) is 2.79. The van der Waals surface area contributed by atoms with Crippen molar-refractivity contribution in [1.82, 2.24) is 15.1 Å². The number of benzene rings is 1. The molecule has 0 spiro atoms. The van der Waals surface area contributed by atoms with Gasteiger partial charge in [0.2, 0.25) is 5.91 Å².